The third-order valence-corrected chi connectivity index (χ3v) is 8.52. The van der Waals surface area contributed by atoms with Gasteiger partial charge >= 0.3 is 0 Å². The lowest BCUT2D eigenvalue weighted by atomic mass is 9.53. The van der Waals surface area contributed by atoms with Crippen LogP contribution in [0.4, 0.5) is 0 Å². The number of benzene rings is 1. The Labute approximate surface area is 143 Å². The van der Waals surface area contributed by atoms with Crippen LogP contribution in [-0.2, 0) is 6.42 Å². The zero-order valence-electron chi connectivity index (χ0n) is 14.0. The summed E-state index contributed by atoms with van der Waals surface area (Å²) in [7, 11) is 0. The normalized spacial score (nSPS) is 39.5. The molecule has 4 atom stereocenters. The molecule has 0 bridgehead atoms. The molecule has 1 aromatic rings. The minimum atomic E-state index is 0.658. The summed E-state index contributed by atoms with van der Waals surface area (Å²) in [6.45, 7) is 2.65. The topological polar surface area (TPSA) is 35.2 Å². The Bertz CT molecular complexity index is 641. The smallest absolute Gasteiger partial charge is 0.140 e. The van der Waals surface area contributed by atoms with E-state index in [-0.39, 0.29) is 0 Å². The summed E-state index contributed by atoms with van der Waals surface area (Å²) < 4.78 is 5.42. The highest BCUT2D eigenvalue weighted by atomic mass is 32.2. The maximum atomic E-state index is 5.44. The van der Waals surface area contributed by atoms with E-state index in [0.717, 1.165) is 41.1 Å². The lowest BCUT2D eigenvalue weighted by Gasteiger charge is -2.51. The van der Waals surface area contributed by atoms with Crippen LogP contribution in [0.15, 0.2) is 18.2 Å². The Morgan fingerprint density at radius 3 is 2.78 bits per heavy atom. The Kier molecular flexibility index (Phi) is 3.13. The number of hydrogen-bond donors (Lipinski definition) is 1. The minimum Gasteiger partial charge on any atom is -0.410 e. The molecule has 0 aliphatic heterocycles. The Morgan fingerprint density at radius 2 is 2.00 bits per heavy atom. The molecule has 3 saturated carbocycles. The predicted molar refractivity (Wildman–Crippen MR) is 95.1 cm³/mol. The second-order valence-electron chi connectivity index (χ2n) is 8.73. The fourth-order valence-electron chi connectivity index (χ4n) is 6.87. The van der Waals surface area contributed by atoms with Gasteiger partial charge in [0.15, 0.2) is 0 Å². The van der Waals surface area contributed by atoms with Gasteiger partial charge in [-0.15, -0.1) is 0 Å². The van der Waals surface area contributed by atoms with E-state index in [1.54, 1.807) is 5.56 Å². The maximum Gasteiger partial charge on any atom is 0.140 e. The Morgan fingerprint density at radius 1 is 1.13 bits per heavy atom. The molecule has 2 nitrogen and oxygen atoms in total. The molecule has 4 unspecified atom stereocenters. The molecule has 4 aliphatic rings. The molecule has 2 N–H and O–H groups in total. The van der Waals surface area contributed by atoms with E-state index >= 15 is 0 Å². The van der Waals surface area contributed by atoms with Crippen molar-refractivity contribution in [2.24, 2.45) is 27.8 Å². The first kappa shape index (κ1) is 14.7. The number of rotatable bonds is 2. The van der Waals surface area contributed by atoms with Crippen LogP contribution in [0.3, 0.4) is 0 Å². The number of nitrogens with two attached hydrogens (primary N) is 1. The van der Waals surface area contributed by atoms with Crippen LogP contribution in [-0.4, -0.2) is 0 Å². The first-order valence-corrected chi connectivity index (χ1v) is 10.1. The average molecular weight is 330 g/mol. The largest absolute Gasteiger partial charge is 0.410 e. The van der Waals surface area contributed by atoms with Gasteiger partial charge in [0.25, 0.3) is 0 Å². The zero-order chi connectivity index (χ0) is 15.7. The third-order valence-electron chi connectivity index (χ3n) is 8.23. The molecule has 0 amide bonds. The standard InChI is InChI=1S/C20H27NOS/c1-19-8-6-16-15-5-3-14(22-23-21)12-13(15)2-4-17(16)18(19)7-9-20(19)10-11-20/h3,5,12,16-18H,2,4,6-11,21H2,1H3. The first-order valence-electron chi connectivity index (χ1n) is 9.33. The lowest BCUT2D eigenvalue weighted by Crippen LogP contribution is -2.42. The van der Waals surface area contributed by atoms with Crippen molar-refractivity contribution in [2.75, 3.05) is 0 Å². The van der Waals surface area contributed by atoms with Crippen molar-refractivity contribution < 1.29 is 4.18 Å². The molecular weight excluding hydrogens is 302 g/mol. The monoisotopic (exact) mass is 329 g/mol. The summed E-state index contributed by atoms with van der Waals surface area (Å²) in [5, 5.41) is 5.44. The molecule has 0 heterocycles. The molecule has 4 aliphatic carbocycles. The summed E-state index contributed by atoms with van der Waals surface area (Å²) in [4.78, 5) is 0. The molecule has 1 aromatic carbocycles. The van der Waals surface area contributed by atoms with Gasteiger partial charge in [-0.25, -0.2) is 5.14 Å². The Balaban J connectivity index is 1.47. The molecule has 0 radical (unpaired) electrons. The van der Waals surface area contributed by atoms with Crippen LogP contribution in [0.5, 0.6) is 5.75 Å². The van der Waals surface area contributed by atoms with E-state index in [2.05, 4.69) is 25.1 Å². The second kappa shape index (κ2) is 4.92. The molecule has 0 saturated heterocycles. The molecule has 0 aromatic heterocycles. The molecule has 1 spiro atoms. The van der Waals surface area contributed by atoms with Gasteiger partial charge in [0.1, 0.15) is 18.0 Å². The fraction of sp³-hybridized carbons (Fsp3) is 0.700. The fourth-order valence-corrected chi connectivity index (χ4v) is 7.08. The maximum absolute atomic E-state index is 5.44. The Hall–Kier alpha value is -0.670. The van der Waals surface area contributed by atoms with Crippen LogP contribution >= 0.6 is 12.2 Å². The number of fused-ring (bicyclic) bond motifs is 6. The zero-order valence-corrected chi connectivity index (χ0v) is 14.8. The SMILES string of the molecule is CC12CCC3c4ccc(OSN)cc4CCC3C1CCC21CC1. The van der Waals surface area contributed by atoms with Gasteiger partial charge in [-0.05, 0) is 103 Å². The molecule has 3 fully saturated rings. The van der Waals surface area contributed by atoms with Gasteiger partial charge < -0.3 is 4.18 Å². The van der Waals surface area contributed by atoms with Crippen LogP contribution < -0.4 is 9.32 Å². The van der Waals surface area contributed by atoms with Crippen molar-refractivity contribution in [1.29, 1.82) is 0 Å². The number of aryl methyl sites for hydroxylation is 1. The van der Waals surface area contributed by atoms with Crippen LogP contribution in [0.1, 0.15) is 68.9 Å². The molecule has 3 heteroatoms. The van der Waals surface area contributed by atoms with Crippen molar-refractivity contribution in [3.8, 4) is 5.75 Å². The van der Waals surface area contributed by atoms with Gasteiger partial charge in [-0.3, -0.25) is 0 Å². The van der Waals surface area contributed by atoms with E-state index in [1.807, 2.05) is 0 Å². The van der Waals surface area contributed by atoms with E-state index in [0.29, 0.717) is 5.41 Å². The van der Waals surface area contributed by atoms with Crippen molar-refractivity contribution in [1.82, 2.24) is 0 Å². The van der Waals surface area contributed by atoms with Gasteiger partial charge in [0, 0.05) is 0 Å². The summed E-state index contributed by atoms with van der Waals surface area (Å²) in [6.07, 6.45) is 11.5. The summed E-state index contributed by atoms with van der Waals surface area (Å²) in [5.41, 5.74) is 4.55. The van der Waals surface area contributed by atoms with Crippen molar-refractivity contribution >= 4 is 12.2 Å². The summed E-state index contributed by atoms with van der Waals surface area (Å²) >= 11 is 0.947. The van der Waals surface area contributed by atoms with Crippen LogP contribution in [0, 0.1) is 22.7 Å². The number of hydrogen-bond acceptors (Lipinski definition) is 3. The highest BCUT2D eigenvalue weighted by molar-refractivity contribution is 7.92. The molecule has 124 valence electrons. The highest BCUT2D eigenvalue weighted by Crippen LogP contribution is 2.75. The molecular formula is C20H27NOS. The van der Waals surface area contributed by atoms with Gasteiger partial charge in [0.2, 0.25) is 0 Å². The molecule has 5 rings (SSSR count). The van der Waals surface area contributed by atoms with Crippen LogP contribution in [0.2, 0.25) is 0 Å². The van der Waals surface area contributed by atoms with E-state index in [9.17, 15) is 0 Å². The van der Waals surface area contributed by atoms with Gasteiger partial charge in [0.05, 0.1) is 0 Å². The van der Waals surface area contributed by atoms with E-state index in [1.165, 1.54) is 56.9 Å². The van der Waals surface area contributed by atoms with E-state index < -0.39 is 0 Å². The van der Waals surface area contributed by atoms with Crippen molar-refractivity contribution in [2.45, 2.75) is 64.2 Å². The van der Waals surface area contributed by atoms with Gasteiger partial charge in [-0.1, -0.05) is 13.0 Å². The third kappa shape index (κ3) is 1.93. The lowest BCUT2D eigenvalue weighted by molar-refractivity contribution is 0.0188. The van der Waals surface area contributed by atoms with Gasteiger partial charge in [-0.2, -0.15) is 0 Å². The van der Waals surface area contributed by atoms with Crippen LogP contribution in [0.25, 0.3) is 0 Å². The summed E-state index contributed by atoms with van der Waals surface area (Å²) in [6, 6.07) is 6.68. The van der Waals surface area contributed by atoms with E-state index in [4.69, 9.17) is 9.32 Å². The predicted octanol–water partition coefficient (Wildman–Crippen LogP) is 5.22. The average Bonchev–Trinajstić information content (AvgIpc) is 3.29. The first-order chi connectivity index (χ1) is 11.2. The minimum absolute atomic E-state index is 0.658. The second-order valence-corrected chi connectivity index (χ2v) is 9.09. The van der Waals surface area contributed by atoms with Crippen molar-refractivity contribution in [3.63, 3.8) is 0 Å². The highest BCUT2D eigenvalue weighted by Gasteiger charge is 2.66. The quantitative estimate of drug-likeness (QED) is 0.596. The van der Waals surface area contributed by atoms with Crippen molar-refractivity contribution in [3.05, 3.63) is 29.3 Å². The summed E-state index contributed by atoms with van der Waals surface area (Å²) in [5.74, 6) is 3.61. The molecule has 23 heavy (non-hydrogen) atoms.